The number of aliphatic hydroxyl groups is 1. The van der Waals surface area contributed by atoms with E-state index in [1.165, 1.54) is 11.3 Å². The van der Waals surface area contributed by atoms with E-state index >= 15 is 0 Å². The van der Waals surface area contributed by atoms with Gasteiger partial charge in [-0.1, -0.05) is 19.1 Å². The van der Waals surface area contributed by atoms with E-state index in [-0.39, 0.29) is 6.61 Å². The van der Waals surface area contributed by atoms with Crippen LogP contribution in [0.25, 0.3) is 0 Å². The molecule has 0 unspecified atom stereocenters. The smallest absolute Gasteiger partial charge is 0.198 e. The molecule has 0 saturated carbocycles. The molecular formula is C17H25N5OS. The van der Waals surface area contributed by atoms with Crippen LogP contribution in [0.15, 0.2) is 24.3 Å². The van der Waals surface area contributed by atoms with Gasteiger partial charge in [-0.3, -0.25) is 4.90 Å². The van der Waals surface area contributed by atoms with E-state index in [1.807, 2.05) is 7.05 Å². The summed E-state index contributed by atoms with van der Waals surface area (Å²) in [4.78, 5) is 4.77. The number of hydrogen-bond acceptors (Lipinski definition) is 5. The number of rotatable bonds is 5. The Hall–Kier alpha value is -1.70. The van der Waals surface area contributed by atoms with E-state index in [9.17, 15) is 5.11 Å². The first-order valence-electron chi connectivity index (χ1n) is 8.42. The molecule has 2 aromatic rings. The Morgan fingerprint density at radius 2 is 1.79 bits per heavy atom. The molecule has 0 amide bonds. The van der Waals surface area contributed by atoms with Crippen LogP contribution in [0.3, 0.4) is 0 Å². The number of benzene rings is 1. The molecule has 1 aromatic carbocycles. The van der Waals surface area contributed by atoms with Gasteiger partial charge < -0.3 is 14.6 Å². The summed E-state index contributed by atoms with van der Waals surface area (Å²) in [5.41, 5.74) is 2.67. The van der Waals surface area contributed by atoms with Gasteiger partial charge in [0.1, 0.15) is 6.61 Å². The van der Waals surface area contributed by atoms with Gasteiger partial charge in [0.2, 0.25) is 0 Å². The minimum Gasteiger partial charge on any atom is -0.388 e. The SMILES string of the molecule is CCc1ccc(N2CCN(Cn3nc(CO)n(C)c3=S)CC2)cc1. The van der Waals surface area contributed by atoms with E-state index in [4.69, 9.17) is 12.2 Å². The minimum absolute atomic E-state index is 0.0886. The van der Waals surface area contributed by atoms with Crippen molar-refractivity contribution in [2.45, 2.75) is 26.6 Å². The second-order valence-electron chi connectivity index (χ2n) is 6.18. The van der Waals surface area contributed by atoms with Gasteiger partial charge in [-0.2, -0.15) is 5.10 Å². The number of piperazine rings is 1. The van der Waals surface area contributed by atoms with Gasteiger partial charge >= 0.3 is 0 Å². The Balaban J connectivity index is 1.60. The van der Waals surface area contributed by atoms with Crippen LogP contribution in [-0.2, 0) is 26.7 Å². The third-order valence-electron chi connectivity index (χ3n) is 4.69. The number of aryl methyl sites for hydroxylation is 1. The molecule has 2 heterocycles. The second-order valence-corrected chi connectivity index (χ2v) is 6.55. The number of nitrogens with zero attached hydrogens (tertiary/aromatic N) is 5. The number of aromatic nitrogens is 3. The predicted octanol–water partition coefficient (Wildman–Crippen LogP) is 1.79. The fourth-order valence-corrected chi connectivity index (χ4v) is 3.25. The standard InChI is InChI=1S/C17H25N5OS/c1-3-14-4-6-15(7-5-14)21-10-8-20(9-11-21)13-22-17(24)19(2)16(12-23)18-22/h4-7,23H,3,8-13H2,1-2H3. The van der Waals surface area contributed by atoms with Gasteiger partial charge in [0.05, 0.1) is 6.67 Å². The van der Waals surface area contributed by atoms with Crippen molar-refractivity contribution in [2.24, 2.45) is 7.05 Å². The molecule has 0 atom stereocenters. The Bertz CT molecular complexity index is 728. The molecule has 6 nitrogen and oxygen atoms in total. The van der Waals surface area contributed by atoms with E-state index in [1.54, 1.807) is 9.25 Å². The topological polar surface area (TPSA) is 49.5 Å². The molecular weight excluding hydrogens is 322 g/mol. The van der Waals surface area contributed by atoms with Gasteiger partial charge in [-0.25, -0.2) is 4.68 Å². The first kappa shape index (κ1) is 17.1. The lowest BCUT2D eigenvalue weighted by atomic mass is 10.1. The first-order valence-corrected chi connectivity index (χ1v) is 8.83. The second kappa shape index (κ2) is 7.46. The highest BCUT2D eigenvalue weighted by atomic mass is 32.1. The van der Waals surface area contributed by atoms with Gasteiger partial charge in [-0.15, -0.1) is 0 Å². The van der Waals surface area contributed by atoms with E-state index < -0.39 is 0 Å². The summed E-state index contributed by atoms with van der Waals surface area (Å²) in [6, 6.07) is 8.87. The van der Waals surface area contributed by atoms with Gasteiger partial charge in [0, 0.05) is 38.9 Å². The number of hydrogen-bond donors (Lipinski definition) is 1. The molecule has 1 aromatic heterocycles. The molecule has 1 fully saturated rings. The van der Waals surface area contributed by atoms with E-state index in [2.05, 4.69) is 46.1 Å². The lowest BCUT2D eigenvalue weighted by molar-refractivity contribution is 0.192. The summed E-state index contributed by atoms with van der Waals surface area (Å²) < 4.78 is 4.21. The Morgan fingerprint density at radius 3 is 2.33 bits per heavy atom. The fourth-order valence-electron chi connectivity index (χ4n) is 3.04. The molecule has 1 saturated heterocycles. The lowest BCUT2D eigenvalue weighted by Gasteiger charge is -2.35. The Morgan fingerprint density at radius 1 is 1.12 bits per heavy atom. The molecule has 0 aliphatic carbocycles. The summed E-state index contributed by atoms with van der Waals surface area (Å²) in [7, 11) is 1.84. The summed E-state index contributed by atoms with van der Waals surface area (Å²) in [6.07, 6.45) is 1.08. The molecule has 0 radical (unpaired) electrons. The van der Waals surface area contributed by atoms with Crippen molar-refractivity contribution in [3.05, 3.63) is 40.4 Å². The van der Waals surface area contributed by atoms with Crippen molar-refractivity contribution >= 4 is 17.9 Å². The molecule has 1 aliphatic rings. The monoisotopic (exact) mass is 347 g/mol. The number of aliphatic hydroxyl groups excluding tert-OH is 1. The van der Waals surface area contributed by atoms with Crippen molar-refractivity contribution < 1.29 is 5.11 Å². The summed E-state index contributed by atoms with van der Waals surface area (Å²) >= 11 is 5.39. The van der Waals surface area contributed by atoms with Gasteiger partial charge in [-0.05, 0) is 36.3 Å². The van der Waals surface area contributed by atoms with Crippen LogP contribution in [0.4, 0.5) is 5.69 Å². The Kier molecular flexibility index (Phi) is 5.33. The predicted molar refractivity (Wildman–Crippen MR) is 97.6 cm³/mol. The van der Waals surface area contributed by atoms with Gasteiger partial charge in [0.15, 0.2) is 10.6 Å². The Labute approximate surface area is 147 Å². The van der Waals surface area contributed by atoms with Crippen LogP contribution in [0.2, 0.25) is 0 Å². The molecule has 130 valence electrons. The molecule has 0 bridgehead atoms. The zero-order valence-electron chi connectivity index (χ0n) is 14.4. The molecule has 3 rings (SSSR count). The summed E-state index contributed by atoms with van der Waals surface area (Å²) in [6.45, 7) is 6.71. The van der Waals surface area contributed by atoms with Crippen molar-refractivity contribution in [1.29, 1.82) is 0 Å². The van der Waals surface area contributed by atoms with Crippen LogP contribution in [0.5, 0.6) is 0 Å². The average molecular weight is 347 g/mol. The highest BCUT2D eigenvalue weighted by Gasteiger charge is 2.18. The number of anilines is 1. The highest BCUT2D eigenvalue weighted by Crippen LogP contribution is 2.18. The average Bonchev–Trinajstić information content (AvgIpc) is 2.90. The minimum atomic E-state index is -0.0886. The molecule has 0 spiro atoms. The van der Waals surface area contributed by atoms with E-state index in [0.717, 1.165) is 32.6 Å². The maximum Gasteiger partial charge on any atom is 0.198 e. The summed E-state index contributed by atoms with van der Waals surface area (Å²) in [5, 5.41) is 13.7. The largest absolute Gasteiger partial charge is 0.388 e. The van der Waals surface area contributed by atoms with E-state index in [0.29, 0.717) is 17.3 Å². The maximum atomic E-state index is 9.30. The van der Waals surface area contributed by atoms with Crippen LogP contribution < -0.4 is 4.90 Å². The molecule has 1 N–H and O–H groups in total. The van der Waals surface area contributed by atoms with Crippen LogP contribution >= 0.6 is 12.2 Å². The van der Waals surface area contributed by atoms with Crippen LogP contribution in [0.1, 0.15) is 18.3 Å². The third kappa shape index (κ3) is 3.53. The zero-order chi connectivity index (χ0) is 17.1. The van der Waals surface area contributed by atoms with Crippen LogP contribution in [0, 0.1) is 4.77 Å². The van der Waals surface area contributed by atoms with Crippen molar-refractivity contribution in [2.75, 3.05) is 31.1 Å². The highest BCUT2D eigenvalue weighted by molar-refractivity contribution is 7.71. The lowest BCUT2D eigenvalue weighted by Crippen LogP contribution is -2.47. The normalized spacial score (nSPS) is 15.9. The van der Waals surface area contributed by atoms with Crippen molar-refractivity contribution in [1.82, 2.24) is 19.2 Å². The molecule has 7 heteroatoms. The van der Waals surface area contributed by atoms with Crippen LogP contribution in [-0.4, -0.2) is 50.5 Å². The quantitative estimate of drug-likeness (QED) is 0.836. The summed E-state index contributed by atoms with van der Waals surface area (Å²) in [5.74, 6) is 0.606. The zero-order valence-corrected chi connectivity index (χ0v) is 15.2. The fraction of sp³-hybridized carbons (Fsp3) is 0.529. The third-order valence-corrected chi connectivity index (χ3v) is 5.17. The maximum absolute atomic E-state index is 9.30. The van der Waals surface area contributed by atoms with Crippen molar-refractivity contribution in [3.63, 3.8) is 0 Å². The van der Waals surface area contributed by atoms with Crippen molar-refractivity contribution in [3.8, 4) is 0 Å². The molecule has 1 aliphatic heterocycles. The molecule has 24 heavy (non-hydrogen) atoms. The van der Waals surface area contributed by atoms with Gasteiger partial charge in [0.25, 0.3) is 0 Å². The first-order chi connectivity index (χ1) is 11.6.